The molecule has 1 aromatic rings. The van der Waals surface area contributed by atoms with Crippen molar-refractivity contribution in [1.82, 2.24) is 4.72 Å². The van der Waals surface area contributed by atoms with E-state index in [0.717, 1.165) is 6.07 Å². The molecule has 0 saturated carbocycles. The number of nitrogens with one attached hydrogen (secondary N) is 1. The van der Waals surface area contributed by atoms with Crippen LogP contribution in [0.5, 0.6) is 0 Å². The van der Waals surface area contributed by atoms with Crippen molar-refractivity contribution in [3.05, 3.63) is 30.1 Å². The molecule has 0 atom stereocenters. The summed E-state index contributed by atoms with van der Waals surface area (Å²) in [6.45, 7) is 1.74. The Morgan fingerprint density at radius 2 is 1.94 bits per heavy atom. The third-order valence-corrected chi connectivity index (χ3v) is 6.19. The number of hydrogen-bond donors (Lipinski definition) is 1. The van der Waals surface area contributed by atoms with E-state index in [1.807, 2.05) is 0 Å². The van der Waals surface area contributed by atoms with Crippen molar-refractivity contribution in [2.45, 2.75) is 17.4 Å². The van der Waals surface area contributed by atoms with Gasteiger partial charge < -0.3 is 0 Å². The summed E-state index contributed by atoms with van der Waals surface area (Å²) in [4.78, 5) is -0.0781. The van der Waals surface area contributed by atoms with Crippen molar-refractivity contribution in [1.29, 1.82) is 0 Å². The molecule has 0 heterocycles. The number of hydrogen-bond acceptors (Lipinski definition) is 2. The smallest absolute Gasteiger partial charge is 0.207 e. The first kappa shape index (κ1) is 15.1. The van der Waals surface area contributed by atoms with Gasteiger partial charge in [0.05, 0.1) is 4.90 Å². The highest BCUT2D eigenvalue weighted by atomic mass is 79.9. The highest BCUT2D eigenvalue weighted by Crippen LogP contribution is 2.17. The molecule has 3 nitrogen and oxygen atoms in total. The van der Waals surface area contributed by atoms with Crippen LogP contribution >= 0.6 is 31.9 Å². The second-order valence-corrected chi connectivity index (χ2v) is 6.69. The lowest BCUT2D eigenvalue weighted by Gasteiger charge is -2.25. The van der Waals surface area contributed by atoms with E-state index in [1.54, 1.807) is 6.92 Å². The van der Waals surface area contributed by atoms with Crippen LogP contribution in [0.15, 0.2) is 29.2 Å². The molecule has 0 aromatic heterocycles. The second-order valence-electron chi connectivity index (χ2n) is 3.89. The van der Waals surface area contributed by atoms with E-state index < -0.39 is 21.4 Å². The molecule has 0 aliphatic heterocycles. The maximum Gasteiger partial charge on any atom is 0.241 e. The highest BCUT2D eigenvalue weighted by molar-refractivity contribution is 9.09. The van der Waals surface area contributed by atoms with Gasteiger partial charge in [0.2, 0.25) is 10.0 Å². The van der Waals surface area contributed by atoms with E-state index in [2.05, 4.69) is 36.6 Å². The van der Waals surface area contributed by atoms with Crippen molar-refractivity contribution in [2.24, 2.45) is 0 Å². The quantitative estimate of drug-likeness (QED) is 0.788. The number of benzene rings is 1. The summed E-state index contributed by atoms with van der Waals surface area (Å²) in [5, 5.41) is 0.888. The molecule has 96 valence electrons. The second kappa shape index (κ2) is 5.77. The summed E-state index contributed by atoms with van der Waals surface area (Å²) in [5.41, 5.74) is -0.662. The molecule has 1 rings (SSSR count). The summed E-state index contributed by atoms with van der Waals surface area (Å²) >= 11 is 6.48. The highest BCUT2D eigenvalue weighted by Gasteiger charge is 2.28. The molecule has 7 heteroatoms. The van der Waals surface area contributed by atoms with Crippen LogP contribution in [-0.4, -0.2) is 24.6 Å². The van der Waals surface area contributed by atoms with Crippen LogP contribution in [-0.2, 0) is 10.0 Å². The molecule has 0 bridgehead atoms. The lowest BCUT2D eigenvalue weighted by atomic mass is 10.1. The zero-order valence-corrected chi connectivity index (χ0v) is 13.1. The fourth-order valence-corrected chi connectivity index (χ4v) is 4.12. The topological polar surface area (TPSA) is 46.2 Å². The minimum Gasteiger partial charge on any atom is -0.207 e. The lowest BCUT2D eigenvalue weighted by molar-refractivity contribution is 0.508. The maximum absolute atomic E-state index is 13.0. The third-order valence-electron chi connectivity index (χ3n) is 2.08. The van der Waals surface area contributed by atoms with Crippen LogP contribution in [0.3, 0.4) is 0 Å². The molecular weight excluding hydrogens is 377 g/mol. The first-order valence-electron chi connectivity index (χ1n) is 4.74. The summed E-state index contributed by atoms with van der Waals surface area (Å²) in [6.07, 6.45) is 0. The molecule has 1 aromatic carbocycles. The van der Waals surface area contributed by atoms with Crippen molar-refractivity contribution >= 4 is 41.9 Å². The van der Waals surface area contributed by atoms with Crippen LogP contribution in [0, 0.1) is 5.82 Å². The normalized spacial score (nSPS) is 12.7. The van der Waals surface area contributed by atoms with Crippen LogP contribution in [0.25, 0.3) is 0 Å². The maximum atomic E-state index is 13.0. The average molecular weight is 389 g/mol. The Labute approximate surface area is 117 Å². The van der Waals surface area contributed by atoms with Gasteiger partial charge in [0, 0.05) is 16.2 Å². The van der Waals surface area contributed by atoms with E-state index in [4.69, 9.17) is 0 Å². The van der Waals surface area contributed by atoms with Crippen molar-refractivity contribution in [2.75, 3.05) is 10.7 Å². The molecule has 0 fully saturated rings. The molecular formula is C10H12Br2FNO2S. The SMILES string of the molecule is CC(CBr)(CBr)NS(=O)(=O)c1cccc(F)c1. The van der Waals surface area contributed by atoms with E-state index >= 15 is 0 Å². The third kappa shape index (κ3) is 4.01. The van der Waals surface area contributed by atoms with E-state index in [1.165, 1.54) is 18.2 Å². The van der Waals surface area contributed by atoms with Crippen LogP contribution in [0.1, 0.15) is 6.92 Å². The van der Waals surface area contributed by atoms with Gasteiger partial charge in [-0.1, -0.05) is 37.9 Å². The summed E-state index contributed by atoms with van der Waals surface area (Å²) in [6, 6.07) is 4.91. The Hall–Kier alpha value is 0.0200. The Kier molecular flexibility index (Phi) is 5.12. The molecule has 0 aliphatic rings. The minimum absolute atomic E-state index is 0.0781. The molecule has 0 spiro atoms. The summed E-state index contributed by atoms with van der Waals surface area (Å²) in [5.74, 6) is -0.577. The first-order valence-corrected chi connectivity index (χ1v) is 8.47. The van der Waals surface area contributed by atoms with E-state index in [9.17, 15) is 12.8 Å². The van der Waals surface area contributed by atoms with Crippen LogP contribution in [0.4, 0.5) is 4.39 Å². The van der Waals surface area contributed by atoms with Gasteiger partial charge in [0.25, 0.3) is 0 Å². The molecule has 1 N–H and O–H groups in total. The minimum atomic E-state index is -3.71. The van der Waals surface area contributed by atoms with Gasteiger partial charge >= 0.3 is 0 Å². The lowest BCUT2D eigenvalue weighted by Crippen LogP contribution is -2.48. The summed E-state index contributed by atoms with van der Waals surface area (Å²) < 4.78 is 39.5. The van der Waals surface area contributed by atoms with Crippen molar-refractivity contribution in [3.63, 3.8) is 0 Å². The fraction of sp³-hybridized carbons (Fsp3) is 0.400. The molecule has 0 saturated heterocycles. The fourth-order valence-electron chi connectivity index (χ4n) is 1.11. The summed E-state index contributed by atoms with van der Waals surface area (Å²) in [7, 11) is -3.71. The predicted molar refractivity (Wildman–Crippen MR) is 72.7 cm³/mol. The van der Waals surface area contributed by atoms with Gasteiger partial charge in [0.15, 0.2) is 0 Å². The van der Waals surface area contributed by atoms with Crippen LogP contribution < -0.4 is 4.72 Å². The van der Waals surface area contributed by atoms with E-state index in [-0.39, 0.29) is 4.90 Å². The molecule has 0 aliphatic carbocycles. The van der Waals surface area contributed by atoms with Gasteiger partial charge in [-0.05, 0) is 25.1 Å². The Morgan fingerprint density at radius 3 is 2.41 bits per heavy atom. The standard InChI is InChI=1S/C10H12Br2FNO2S/c1-10(6-11,7-12)14-17(15,16)9-4-2-3-8(13)5-9/h2-5,14H,6-7H2,1H3. The average Bonchev–Trinajstić information content (AvgIpc) is 2.28. The van der Waals surface area contributed by atoms with Gasteiger partial charge in [-0.2, -0.15) is 0 Å². The van der Waals surface area contributed by atoms with Crippen molar-refractivity contribution < 1.29 is 12.8 Å². The molecule has 0 unspecified atom stereocenters. The zero-order chi connectivity index (χ0) is 13.1. The zero-order valence-electron chi connectivity index (χ0n) is 9.08. The van der Waals surface area contributed by atoms with Crippen LogP contribution in [0.2, 0.25) is 0 Å². The van der Waals surface area contributed by atoms with Gasteiger partial charge in [-0.15, -0.1) is 0 Å². The number of halogens is 3. The Morgan fingerprint density at radius 1 is 1.35 bits per heavy atom. The number of rotatable bonds is 5. The van der Waals surface area contributed by atoms with Gasteiger partial charge in [0.1, 0.15) is 5.82 Å². The monoisotopic (exact) mass is 387 g/mol. The van der Waals surface area contributed by atoms with E-state index in [0.29, 0.717) is 10.7 Å². The molecule has 17 heavy (non-hydrogen) atoms. The first-order chi connectivity index (χ1) is 7.83. The van der Waals surface area contributed by atoms with Crippen molar-refractivity contribution in [3.8, 4) is 0 Å². The van der Waals surface area contributed by atoms with Gasteiger partial charge in [-0.25, -0.2) is 17.5 Å². The largest absolute Gasteiger partial charge is 0.241 e. The predicted octanol–water partition coefficient (Wildman–Crippen LogP) is 2.65. The van der Waals surface area contributed by atoms with Gasteiger partial charge in [-0.3, -0.25) is 0 Å². The number of sulfonamides is 1. The Balaban J connectivity index is 3.05. The molecule has 0 radical (unpaired) electrons. The number of alkyl halides is 2. The molecule has 0 amide bonds. The Bertz CT molecular complexity index is 489.